The van der Waals surface area contributed by atoms with Gasteiger partial charge in [-0.05, 0) is 19.1 Å². The van der Waals surface area contributed by atoms with E-state index in [4.69, 9.17) is 0 Å². The number of hydrogen-bond donors (Lipinski definition) is 0. The Morgan fingerprint density at radius 2 is 2.20 bits per heavy atom. The molecule has 4 nitrogen and oxygen atoms in total. The molecule has 0 N–H and O–H groups in total. The molecule has 1 atom stereocenters. The fraction of sp³-hybridized carbons (Fsp3) is 0.500. The molecule has 20 heavy (non-hydrogen) atoms. The Morgan fingerprint density at radius 1 is 1.45 bits per heavy atom. The molecule has 1 aromatic carbocycles. The Hall–Kier alpha value is -0.720. The fourth-order valence-corrected chi connectivity index (χ4v) is 4.44. The topological polar surface area (TPSA) is 54.5 Å². The number of halogens is 1. The van der Waals surface area contributed by atoms with Crippen molar-refractivity contribution in [1.82, 2.24) is 4.90 Å². The van der Waals surface area contributed by atoms with E-state index in [2.05, 4.69) is 20.8 Å². The van der Waals surface area contributed by atoms with Crippen LogP contribution in [0, 0.1) is 0 Å². The third kappa shape index (κ3) is 4.14. The van der Waals surface area contributed by atoms with Gasteiger partial charge in [-0.15, -0.1) is 0 Å². The number of Topliss-reactive ketones (excluding diaryl/α,β-unsaturated/α-hetero) is 1. The lowest BCUT2D eigenvalue weighted by Gasteiger charge is -2.32. The van der Waals surface area contributed by atoms with Crippen LogP contribution in [0.25, 0.3) is 0 Å². The summed E-state index contributed by atoms with van der Waals surface area (Å²) in [5.74, 6) is 0.479. The highest BCUT2D eigenvalue weighted by Gasteiger charge is 2.28. The predicted octanol–water partition coefficient (Wildman–Crippen LogP) is 2.14. The minimum absolute atomic E-state index is 0.0101. The molecular formula is C14H18BrNO3S. The summed E-state index contributed by atoms with van der Waals surface area (Å²) in [4.78, 5) is 14.2. The van der Waals surface area contributed by atoms with Crippen molar-refractivity contribution in [3.05, 3.63) is 34.3 Å². The van der Waals surface area contributed by atoms with E-state index >= 15 is 0 Å². The Balaban J connectivity index is 1.91. The first-order valence-corrected chi connectivity index (χ1v) is 9.22. The number of ketones is 1. The van der Waals surface area contributed by atoms with E-state index in [0.717, 1.165) is 4.47 Å². The number of carbonyl (C=O) groups excluding carboxylic acids is 1. The van der Waals surface area contributed by atoms with E-state index < -0.39 is 9.84 Å². The van der Waals surface area contributed by atoms with Crippen LogP contribution < -0.4 is 0 Å². The molecule has 0 radical (unpaired) electrons. The van der Waals surface area contributed by atoms with Crippen LogP contribution in [0.1, 0.15) is 23.7 Å². The van der Waals surface area contributed by atoms with Crippen LogP contribution in [0.5, 0.6) is 0 Å². The Morgan fingerprint density at radius 3 is 2.85 bits per heavy atom. The van der Waals surface area contributed by atoms with Crippen molar-refractivity contribution in [2.24, 2.45) is 0 Å². The summed E-state index contributed by atoms with van der Waals surface area (Å²) < 4.78 is 23.9. The van der Waals surface area contributed by atoms with Crippen molar-refractivity contribution < 1.29 is 13.2 Å². The number of rotatable bonds is 4. The molecule has 0 bridgehead atoms. The van der Waals surface area contributed by atoms with Crippen LogP contribution in [0.3, 0.4) is 0 Å². The average molecular weight is 360 g/mol. The van der Waals surface area contributed by atoms with Crippen molar-refractivity contribution in [3.8, 4) is 0 Å². The van der Waals surface area contributed by atoms with E-state index in [1.807, 2.05) is 25.1 Å². The minimum Gasteiger partial charge on any atom is -0.298 e. The second-order valence-corrected chi connectivity index (χ2v) is 8.33. The molecule has 6 heteroatoms. The van der Waals surface area contributed by atoms with Crippen LogP contribution in [0.15, 0.2) is 28.7 Å². The van der Waals surface area contributed by atoms with Gasteiger partial charge < -0.3 is 0 Å². The molecular weight excluding hydrogens is 342 g/mol. The standard InChI is InChI=1S/C14H18BrNO3S/c1-11-10-20(18,19)8-7-16(11)6-5-14(17)12-3-2-4-13(15)9-12/h2-4,9,11H,5-8,10H2,1H3. The van der Waals surface area contributed by atoms with Gasteiger partial charge in [0.15, 0.2) is 15.6 Å². The van der Waals surface area contributed by atoms with Crippen molar-refractivity contribution in [2.75, 3.05) is 24.6 Å². The smallest absolute Gasteiger partial charge is 0.164 e. The molecule has 0 amide bonds. The molecule has 1 unspecified atom stereocenters. The lowest BCUT2D eigenvalue weighted by atomic mass is 10.1. The highest BCUT2D eigenvalue weighted by atomic mass is 79.9. The third-order valence-corrected chi connectivity index (χ3v) is 5.87. The highest BCUT2D eigenvalue weighted by molar-refractivity contribution is 9.10. The van der Waals surface area contributed by atoms with E-state index in [1.54, 1.807) is 6.07 Å². The summed E-state index contributed by atoms with van der Waals surface area (Å²) in [5.41, 5.74) is 0.691. The zero-order chi connectivity index (χ0) is 14.8. The minimum atomic E-state index is -2.89. The van der Waals surface area contributed by atoms with E-state index in [1.165, 1.54) is 0 Å². The highest BCUT2D eigenvalue weighted by Crippen LogP contribution is 2.15. The average Bonchev–Trinajstić information content (AvgIpc) is 2.36. The van der Waals surface area contributed by atoms with Gasteiger partial charge in [-0.3, -0.25) is 9.69 Å². The second-order valence-electron chi connectivity index (χ2n) is 5.18. The molecule has 1 fully saturated rings. The zero-order valence-corrected chi connectivity index (χ0v) is 13.8. The second kappa shape index (κ2) is 6.37. The van der Waals surface area contributed by atoms with Crippen LogP contribution in [0.4, 0.5) is 0 Å². The van der Waals surface area contributed by atoms with Gasteiger partial charge in [0.25, 0.3) is 0 Å². The van der Waals surface area contributed by atoms with Gasteiger partial charge in [0.05, 0.1) is 11.5 Å². The molecule has 110 valence electrons. The molecule has 2 rings (SSSR count). The lowest BCUT2D eigenvalue weighted by molar-refractivity contribution is 0.0957. The number of nitrogens with zero attached hydrogens (tertiary/aromatic N) is 1. The summed E-state index contributed by atoms with van der Waals surface area (Å²) in [7, 11) is -2.89. The summed E-state index contributed by atoms with van der Waals surface area (Å²) in [6.07, 6.45) is 0.418. The zero-order valence-electron chi connectivity index (χ0n) is 11.4. The largest absolute Gasteiger partial charge is 0.298 e. The molecule has 1 aromatic rings. The SMILES string of the molecule is CC1CS(=O)(=O)CCN1CCC(=O)c1cccc(Br)c1. The molecule has 0 saturated carbocycles. The van der Waals surface area contributed by atoms with Crippen LogP contribution in [0.2, 0.25) is 0 Å². The molecule has 1 aliphatic heterocycles. The van der Waals surface area contributed by atoms with Gasteiger partial charge in [0.2, 0.25) is 0 Å². The molecule has 0 aromatic heterocycles. The summed E-state index contributed by atoms with van der Waals surface area (Å²) in [6, 6.07) is 7.33. The van der Waals surface area contributed by atoms with E-state index in [9.17, 15) is 13.2 Å². The summed E-state index contributed by atoms with van der Waals surface area (Å²) >= 11 is 3.35. The molecule has 0 spiro atoms. The third-order valence-electron chi connectivity index (χ3n) is 3.58. The van der Waals surface area contributed by atoms with Crippen molar-refractivity contribution in [1.29, 1.82) is 0 Å². The molecule has 1 aliphatic rings. The maximum absolute atomic E-state index is 12.1. The number of hydrogen-bond acceptors (Lipinski definition) is 4. The maximum Gasteiger partial charge on any atom is 0.164 e. The van der Waals surface area contributed by atoms with Gasteiger partial charge in [0.1, 0.15) is 0 Å². The van der Waals surface area contributed by atoms with Gasteiger partial charge >= 0.3 is 0 Å². The van der Waals surface area contributed by atoms with Gasteiger partial charge in [-0.1, -0.05) is 28.1 Å². The number of carbonyl (C=O) groups is 1. The van der Waals surface area contributed by atoms with Crippen LogP contribution >= 0.6 is 15.9 Å². The summed E-state index contributed by atoms with van der Waals surface area (Å²) in [5, 5.41) is 0. The number of sulfone groups is 1. The van der Waals surface area contributed by atoms with E-state index in [0.29, 0.717) is 25.1 Å². The Bertz CT molecular complexity index is 600. The van der Waals surface area contributed by atoms with Crippen LogP contribution in [-0.4, -0.2) is 49.7 Å². The first kappa shape index (κ1) is 15.7. The van der Waals surface area contributed by atoms with E-state index in [-0.39, 0.29) is 23.3 Å². The van der Waals surface area contributed by atoms with Crippen LogP contribution in [-0.2, 0) is 9.84 Å². The lowest BCUT2D eigenvalue weighted by Crippen LogP contribution is -2.47. The summed E-state index contributed by atoms with van der Waals surface area (Å²) in [6.45, 7) is 3.04. The van der Waals surface area contributed by atoms with Gasteiger partial charge in [0, 0.05) is 35.6 Å². The molecule has 0 aliphatic carbocycles. The Kier molecular flexibility index (Phi) is 4.99. The maximum atomic E-state index is 12.1. The fourth-order valence-electron chi connectivity index (χ4n) is 2.42. The first-order valence-electron chi connectivity index (χ1n) is 6.60. The normalized spacial score (nSPS) is 22.6. The van der Waals surface area contributed by atoms with Crippen molar-refractivity contribution >= 4 is 31.6 Å². The quantitative estimate of drug-likeness (QED) is 0.772. The molecule has 1 saturated heterocycles. The predicted molar refractivity (Wildman–Crippen MR) is 82.8 cm³/mol. The van der Waals surface area contributed by atoms with Crippen molar-refractivity contribution in [3.63, 3.8) is 0 Å². The Labute approximate surface area is 128 Å². The monoisotopic (exact) mass is 359 g/mol. The number of benzene rings is 1. The first-order chi connectivity index (χ1) is 9.37. The van der Waals surface area contributed by atoms with Gasteiger partial charge in [-0.2, -0.15) is 0 Å². The van der Waals surface area contributed by atoms with Gasteiger partial charge in [-0.25, -0.2) is 8.42 Å². The van der Waals surface area contributed by atoms with Crippen molar-refractivity contribution in [2.45, 2.75) is 19.4 Å². The molecule has 1 heterocycles.